The minimum absolute atomic E-state index is 0.104. The van der Waals surface area contributed by atoms with Gasteiger partial charge < -0.3 is 19.7 Å². The molecule has 1 unspecified atom stereocenters. The number of nitrogens with zero attached hydrogens (tertiary/aromatic N) is 2. The lowest BCUT2D eigenvalue weighted by atomic mass is 10.1. The normalized spacial score (nSPS) is 11.9. The van der Waals surface area contributed by atoms with Crippen molar-refractivity contribution in [1.82, 2.24) is 10.2 Å². The molecule has 232 valence electrons. The molecule has 0 aliphatic rings. The Labute approximate surface area is 263 Å². The fourth-order valence-electron chi connectivity index (χ4n) is 4.48. The van der Waals surface area contributed by atoms with E-state index < -0.39 is 28.5 Å². The van der Waals surface area contributed by atoms with Gasteiger partial charge in [-0.3, -0.25) is 13.9 Å². The van der Waals surface area contributed by atoms with Gasteiger partial charge in [-0.05, 0) is 56.2 Å². The van der Waals surface area contributed by atoms with Gasteiger partial charge >= 0.3 is 0 Å². The van der Waals surface area contributed by atoms with Crippen LogP contribution in [0.5, 0.6) is 11.5 Å². The van der Waals surface area contributed by atoms with E-state index >= 15 is 0 Å². The summed E-state index contributed by atoms with van der Waals surface area (Å²) < 4.78 is 39.9. The first-order chi connectivity index (χ1) is 20.5. The second-order valence-electron chi connectivity index (χ2n) is 9.80. The van der Waals surface area contributed by atoms with Crippen molar-refractivity contribution < 1.29 is 27.5 Å². The van der Waals surface area contributed by atoms with E-state index in [9.17, 15) is 18.0 Å². The van der Waals surface area contributed by atoms with Gasteiger partial charge in [-0.2, -0.15) is 0 Å². The smallest absolute Gasteiger partial charge is 0.264 e. The number of aryl methyl sites for hydroxylation is 1. The Kier molecular flexibility index (Phi) is 12.1. The fourth-order valence-corrected chi connectivity index (χ4v) is 6.43. The minimum atomic E-state index is -4.31. The Morgan fingerprint density at radius 1 is 0.930 bits per heavy atom. The molecule has 12 heteroatoms. The van der Waals surface area contributed by atoms with Crippen LogP contribution in [-0.2, 0) is 26.2 Å². The van der Waals surface area contributed by atoms with Gasteiger partial charge in [0.25, 0.3) is 10.0 Å². The molecule has 0 saturated heterocycles. The number of nitrogens with one attached hydrogen (secondary N) is 1. The first-order valence-corrected chi connectivity index (χ1v) is 16.0. The first-order valence-electron chi connectivity index (χ1n) is 13.8. The summed E-state index contributed by atoms with van der Waals surface area (Å²) in [6, 6.07) is 15.0. The van der Waals surface area contributed by atoms with Crippen molar-refractivity contribution in [3.63, 3.8) is 0 Å². The summed E-state index contributed by atoms with van der Waals surface area (Å²) in [7, 11) is -1.46. The van der Waals surface area contributed by atoms with Crippen molar-refractivity contribution in [1.29, 1.82) is 0 Å². The lowest BCUT2D eigenvalue weighted by molar-refractivity contribution is -0.140. The second-order valence-corrected chi connectivity index (χ2v) is 12.5. The molecule has 9 nitrogen and oxygen atoms in total. The third kappa shape index (κ3) is 8.13. The number of carbonyl (C=O) groups excluding carboxylic acids is 2. The summed E-state index contributed by atoms with van der Waals surface area (Å²) in [5.74, 6) is -0.400. The molecular weight excluding hydrogens is 613 g/mol. The lowest BCUT2D eigenvalue weighted by Crippen LogP contribution is -2.52. The van der Waals surface area contributed by atoms with Gasteiger partial charge in [0.1, 0.15) is 12.6 Å². The number of sulfonamides is 1. The van der Waals surface area contributed by atoms with Crippen LogP contribution in [-0.4, -0.2) is 58.5 Å². The second kappa shape index (κ2) is 15.3. The predicted molar refractivity (Wildman–Crippen MR) is 170 cm³/mol. The van der Waals surface area contributed by atoms with Crippen LogP contribution in [0.25, 0.3) is 0 Å². The van der Waals surface area contributed by atoms with Gasteiger partial charge in [0, 0.05) is 34.8 Å². The Hall–Kier alpha value is -3.47. The zero-order chi connectivity index (χ0) is 31.7. The highest BCUT2D eigenvalue weighted by molar-refractivity contribution is 7.92. The molecule has 3 rings (SSSR count). The molecule has 0 heterocycles. The minimum Gasteiger partial charge on any atom is -0.493 e. The van der Waals surface area contributed by atoms with E-state index in [2.05, 4.69) is 5.32 Å². The fraction of sp³-hybridized carbons (Fsp3) is 0.355. The summed E-state index contributed by atoms with van der Waals surface area (Å²) >= 11 is 12.9. The van der Waals surface area contributed by atoms with Gasteiger partial charge in [-0.15, -0.1) is 0 Å². The molecule has 0 fully saturated rings. The van der Waals surface area contributed by atoms with Gasteiger partial charge in [-0.25, -0.2) is 8.42 Å². The molecule has 0 saturated carbocycles. The number of ether oxygens (including phenoxy) is 2. The van der Waals surface area contributed by atoms with Crippen LogP contribution in [0.15, 0.2) is 65.6 Å². The number of hydrogen-bond acceptors (Lipinski definition) is 6. The maximum Gasteiger partial charge on any atom is 0.264 e. The number of rotatable bonds is 14. The molecule has 0 aromatic heterocycles. The van der Waals surface area contributed by atoms with Crippen molar-refractivity contribution >= 4 is 50.7 Å². The summed E-state index contributed by atoms with van der Waals surface area (Å²) in [4.78, 5) is 28.7. The number of amides is 2. The summed E-state index contributed by atoms with van der Waals surface area (Å²) in [5, 5.41) is 3.49. The van der Waals surface area contributed by atoms with E-state index in [0.717, 1.165) is 9.87 Å². The zero-order valence-corrected chi connectivity index (χ0v) is 27.2. The number of carbonyl (C=O) groups is 2. The molecular formula is C31H37Cl2N3O6S. The number of hydrogen-bond donors (Lipinski definition) is 1. The molecule has 2 amide bonds. The highest BCUT2D eigenvalue weighted by Crippen LogP contribution is 2.33. The Morgan fingerprint density at radius 2 is 1.56 bits per heavy atom. The largest absolute Gasteiger partial charge is 0.493 e. The van der Waals surface area contributed by atoms with E-state index in [-0.39, 0.29) is 35.2 Å². The highest BCUT2D eigenvalue weighted by Gasteiger charge is 2.34. The molecule has 0 radical (unpaired) electrons. The van der Waals surface area contributed by atoms with Crippen molar-refractivity contribution in [3.8, 4) is 11.5 Å². The molecule has 1 atom stereocenters. The quantitative estimate of drug-likeness (QED) is 0.235. The van der Waals surface area contributed by atoms with Gasteiger partial charge in [-0.1, -0.05) is 60.8 Å². The number of anilines is 1. The molecule has 1 N–H and O–H groups in total. The first kappa shape index (κ1) is 34.0. The van der Waals surface area contributed by atoms with Crippen molar-refractivity contribution in [2.24, 2.45) is 0 Å². The van der Waals surface area contributed by atoms with Crippen molar-refractivity contribution in [2.75, 3.05) is 31.6 Å². The average molecular weight is 651 g/mol. The monoisotopic (exact) mass is 649 g/mol. The Morgan fingerprint density at radius 3 is 2.12 bits per heavy atom. The zero-order valence-electron chi connectivity index (χ0n) is 24.9. The highest BCUT2D eigenvalue weighted by atomic mass is 35.5. The molecule has 0 aliphatic carbocycles. The SMILES string of the molecule is CCCNC(=O)C(CC)N(Cc1c(Cl)cccc1Cl)C(=O)CN(c1ccc(C)cc1)S(=O)(=O)c1ccc(OC)c(OC)c1. The summed E-state index contributed by atoms with van der Waals surface area (Å²) in [5.41, 5.74) is 1.63. The van der Waals surface area contributed by atoms with Crippen LogP contribution in [0.3, 0.4) is 0 Å². The third-order valence-electron chi connectivity index (χ3n) is 6.87. The van der Waals surface area contributed by atoms with E-state index in [4.69, 9.17) is 32.7 Å². The van der Waals surface area contributed by atoms with Crippen LogP contribution in [0.4, 0.5) is 5.69 Å². The predicted octanol–water partition coefficient (Wildman–Crippen LogP) is 5.85. The average Bonchev–Trinajstić information content (AvgIpc) is 2.99. The van der Waals surface area contributed by atoms with E-state index in [1.165, 1.54) is 37.3 Å². The van der Waals surface area contributed by atoms with Crippen LogP contribution < -0.4 is 19.1 Å². The maximum absolute atomic E-state index is 14.2. The van der Waals surface area contributed by atoms with E-state index in [1.807, 2.05) is 13.8 Å². The van der Waals surface area contributed by atoms with Crippen LogP contribution >= 0.6 is 23.2 Å². The molecule has 0 bridgehead atoms. The van der Waals surface area contributed by atoms with Crippen LogP contribution in [0, 0.1) is 6.92 Å². The number of halogens is 2. The maximum atomic E-state index is 14.2. The number of benzene rings is 3. The van der Waals surface area contributed by atoms with Gasteiger partial charge in [0.15, 0.2) is 11.5 Å². The molecule has 3 aromatic carbocycles. The van der Waals surface area contributed by atoms with Gasteiger partial charge in [0.05, 0.1) is 24.8 Å². The molecule has 0 spiro atoms. The lowest BCUT2D eigenvalue weighted by Gasteiger charge is -2.33. The standard InChI is InChI=1S/C31H37Cl2N3O6S/c1-6-17-34-31(38)27(7-2)35(19-24-25(32)9-8-10-26(24)33)30(37)20-36(22-13-11-21(3)12-14-22)43(39,40)23-15-16-28(41-4)29(18-23)42-5/h8-16,18,27H,6-7,17,19-20H2,1-5H3,(H,34,38). The Balaban J connectivity index is 2.12. The van der Waals surface area contributed by atoms with E-state index in [1.54, 1.807) is 49.4 Å². The van der Waals surface area contributed by atoms with Crippen molar-refractivity contribution in [2.45, 2.75) is 51.1 Å². The summed E-state index contributed by atoms with van der Waals surface area (Å²) in [6.45, 7) is 5.30. The topological polar surface area (TPSA) is 105 Å². The van der Waals surface area contributed by atoms with Crippen LogP contribution in [0.1, 0.15) is 37.8 Å². The van der Waals surface area contributed by atoms with Crippen LogP contribution in [0.2, 0.25) is 10.0 Å². The Bertz CT molecular complexity index is 1510. The van der Waals surface area contributed by atoms with E-state index in [0.29, 0.717) is 34.3 Å². The third-order valence-corrected chi connectivity index (χ3v) is 9.35. The number of methoxy groups -OCH3 is 2. The van der Waals surface area contributed by atoms with Crippen molar-refractivity contribution in [3.05, 3.63) is 81.8 Å². The molecule has 43 heavy (non-hydrogen) atoms. The molecule has 0 aliphatic heterocycles. The molecule has 3 aromatic rings. The summed E-state index contributed by atoms with van der Waals surface area (Å²) in [6.07, 6.45) is 0.980. The van der Waals surface area contributed by atoms with Gasteiger partial charge in [0.2, 0.25) is 11.8 Å².